The van der Waals surface area contributed by atoms with E-state index in [-0.39, 0.29) is 12.2 Å². The topological polar surface area (TPSA) is 54.4 Å². The van der Waals surface area contributed by atoms with Crippen LogP contribution in [0.5, 0.6) is 0 Å². The predicted molar refractivity (Wildman–Crippen MR) is 69.0 cm³/mol. The molecule has 3 heteroatoms. The molecule has 1 atom stereocenters. The summed E-state index contributed by atoms with van der Waals surface area (Å²) in [7, 11) is 0. The maximum absolute atomic E-state index is 11.8. The number of hydrogen-bond acceptors (Lipinski definition) is 2. The van der Waals surface area contributed by atoms with Gasteiger partial charge in [-0.05, 0) is 25.7 Å². The van der Waals surface area contributed by atoms with E-state index < -0.39 is 11.4 Å². The van der Waals surface area contributed by atoms with Crippen molar-refractivity contribution in [1.29, 1.82) is 0 Å². The van der Waals surface area contributed by atoms with Crippen molar-refractivity contribution in [2.24, 2.45) is 11.3 Å². The largest absolute Gasteiger partial charge is 0.481 e. The van der Waals surface area contributed by atoms with Crippen molar-refractivity contribution in [2.75, 3.05) is 0 Å². The maximum Gasteiger partial charge on any atom is 0.309 e. The number of aliphatic carboxylic acids is 1. The van der Waals surface area contributed by atoms with Gasteiger partial charge in [0.05, 0.1) is 5.41 Å². The smallest absolute Gasteiger partial charge is 0.309 e. The van der Waals surface area contributed by atoms with E-state index in [1.807, 2.05) is 6.92 Å². The Kier molecular flexibility index (Phi) is 7.09. The second-order valence-electron chi connectivity index (χ2n) is 5.62. The van der Waals surface area contributed by atoms with Gasteiger partial charge in [-0.15, -0.1) is 0 Å². The Morgan fingerprint density at radius 2 is 1.88 bits per heavy atom. The third-order valence-electron chi connectivity index (χ3n) is 3.19. The van der Waals surface area contributed by atoms with Gasteiger partial charge in [-0.2, -0.15) is 0 Å². The Balaban J connectivity index is 4.33. The Labute approximate surface area is 105 Å². The van der Waals surface area contributed by atoms with E-state index in [1.165, 1.54) is 0 Å². The van der Waals surface area contributed by atoms with E-state index in [0.717, 1.165) is 19.3 Å². The molecule has 1 N–H and O–H groups in total. The first-order valence-corrected chi connectivity index (χ1v) is 6.57. The van der Waals surface area contributed by atoms with E-state index >= 15 is 0 Å². The summed E-state index contributed by atoms with van der Waals surface area (Å²) in [6.07, 6.45) is 3.94. The van der Waals surface area contributed by atoms with Gasteiger partial charge in [-0.1, -0.05) is 33.6 Å². The standard InChI is InChI=1S/C14H26O3/c1-5-6-9-14(4,13(16)17)10-12(15)8-7-11(2)3/h11H,5-10H2,1-4H3,(H,16,17). The molecule has 17 heavy (non-hydrogen) atoms. The first-order chi connectivity index (χ1) is 7.81. The summed E-state index contributed by atoms with van der Waals surface area (Å²) in [5.41, 5.74) is -0.871. The summed E-state index contributed by atoms with van der Waals surface area (Å²) in [4.78, 5) is 23.0. The SMILES string of the molecule is CCCCC(C)(CC(=O)CCC(C)C)C(=O)O. The van der Waals surface area contributed by atoms with Crippen molar-refractivity contribution in [2.45, 2.75) is 66.2 Å². The zero-order valence-corrected chi connectivity index (χ0v) is 11.6. The summed E-state index contributed by atoms with van der Waals surface area (Å²) in [6, 6.07) is 0. The minimum atomic E-state index is -0.871. The summed E-state index contributed by atoms with van der Waals surface area (Å²) >= 11 is 0. The number of hydrogen-bond donors (Lipinski definition) is 1. The highest BCUT2D eigenvalue weighted by Gasteiger charge is 2.34. The van der Waals surface area contributed by atoms with Gasteiger partial charge in [0, 0.05) is 12.8 Å². The van der Waals surface area contributed by atoms with Gasteiger partial charge in [0.1, 0.15) is 5.78 Å². The van der Waals surface area contributed by atoms with E-state index in [9.17, 15) is 14.7 Å². The van der Waals surface area contributed by atoms with Gasteiger partial charge in [-0.3, -0.25) is 9.59 Å². The van der Waals surface area contributed by atoms with Crippen molar-refractivity contribution in [3.8, 4) is 0 Å². The summed E-state index contributed by atoms with van der Waals surface area (Å²) in [5.74, 6) is -0.269. The van der Waals surface area contributed by atoms with Crippen molar-refractivity contribution < 1.29 is 14.7 Å². The molecule has 0 heterocycles. The molecule has 3 nitrogen and oxygen atoms in total. The van der Waals surface area contributed by atoms with Crippen molar-refractivity contribution in [3.63, 3.8) is 0 Å². The van der Waals surface area contributed by atoms with Gasteiger partial charge in [0.15, 0.2) is 0 Å². The van der Waals surface area contributed by atoms with Crippen molar-refractivity contribution in [1.82, 2.24) is 0 Å². The number of carboxylic acids is 1. The molecular weight excluding hydrogens is 216 g/mol. The van der Waals surface area contributed by atoms with Crippen molar-refractivity contribution in [3.05, 3.63) is 0 Å². The van der Waals surface area contributed by atoms with Crippen LogP contribution in [-0.4, -0.2) is 16.9 Å². The zero-order valence-electron chi connectivity index (χ0n) is 11.6. The fourth-order valence-electron chi connectivity index (χ4n) is 1.81. The zero-order chi connectivity index (χ0) is 13.5. The molecule has 0 aliphatic rings. The number of rotatable bonds is 9. The molecular formula is C14H26O3. The summed E-state index contributed by atoms with van der Waals surface area (Å²) in [6.45, 7) is 7.86. The molecule has 0 saturated carbocycles. The van der Waals surface area contributed by atoms with Crippen LogP contribution in [-0.2, 0) is 9.59 Å². The van der Waals surface area contributed by atoms with Crippen LogP contribution in [0.3, 0.4) is 0 Å². The van der Waals surface area contributed by atoms with E-state index in [1.54, 1.807) is 6.92 Å². The molecule has 0 aromatic rings. The molecule has 0 aliphatic heterocycles. The third kappa shape index (κ3) is 6.44. The molecule has 0 aliphatic carbocycles. The summed E-state index contributed by atoms with van der Waals surface area (Å²) in [5, 5.41) is 9.23. The molecule has 0 fully saturated rings. The van der Waals surface area contributed by atoms with Gasteiger partial charge >= 0.3 is 5.97 Å². The molecule has 0 bridgehead atoms. The predicted octanol–water partition coefficient (Wildman–Crippen LogP) is 3.66. The highest BCUT2D eigenvalue weighted by Crippen LogP contribution is 2.30. The second kappa shape index (κ2) is 7.46. The third-order valence-corrected chi connectivity index (χ3v) is 3.19. The molecule has 0 rings (SSSR count). The van der Waals surface area contributed by atoms with Crippen molar-refractivity contribution >= 4 is 11.8 Å². The van der Waals surface area contributed by atoms with E-state index in [2.05, 4.69) is 13.8 Å². The average molecular weight is 242 g/mol. The normalized spacial score (nSPS) is 14.6. The molecule has 0 spiro atoms. The monoisotopic (exact) mass is 242 g/mol. The lowest BCUT2D eigenvalue weighted by molar-refractivity contribution is -0.151. The van der Waals surface area contributed by atoms with E-state index in [4.69, 9.17) is 0 Å². The van der Waals surface area contributed by atoms with Crippen LogP contribution in [0.25, 0.3) is 0 Å². The van der Waals surface area contributed by atoms with Gasteiger partial charge in [0.25, 0.3) is 0 Å². The highest BCUT2D eigenvalue weighted by molar-refractivity contribution is 5.85. The highest BCUT2D eigenvalue weighted by atomic mass is 16.4. The molecule has 0 amide bonds. The Morgan fingerprint density at radius 1 is 1.29 bits per heavy atom. The number of carbonyl (C=O) groups excluding carboxylic acids is 1. The number of Topliss-reactive ketones (excluding diaryl/α,β-unsaturated/α-hetero) is 1. The molecule has 0 aromatic heterocycles. The molecule has 0 radical (unpaired) electrons. The quantitative estimate of drug-likeness (QED) is 0.671. The van der Waals surface area contributed by atoms with Gasteiger partial charge < -0.3 is 5.11 Å². The molecule has 1 unspecified atom stereocenters. The van der Waals surface area contributed by atoms with Gasteiger partial charge in [-0.25, -0.2) is 0 Å². The average Bonchev–Trinajstić information content (AvgIpc) is 2.23. The van der Waals surface area contributed by atoms with Crippen LogP contribution in [0.2, 0.25) is 0 Å². The fourth-order valence-corrected chi connectivity index (χ4v) is 1.81. The van der Waals surface area contributed by atoms with Crippen LogP contribution in [0, 0.1) is 11.3 Å². The van der Waals surface area contributed by atoms with Crippen LogP contribution in [0.15, 0.2) is 0 Å². The van der Waals surface area contributed by atoms with Crippen LogP contribution >= 0.6 is 0 Å². The minimum absolute atomic E-state index is 0.0831. The molecule has 0 saturated heterocycles. The summed E-state index contributed by atoms with van der Waals surface area (Å²) < 4.78 is 0. The fraction of sp³-hybridized carbons (Fsp3) is 0.857. The maximum atomic E-state index is 11.8. The lowest BCUT2D eigenvalue weighted by Crippen LogP contribution is -2.30. The van der Waals surface area contributed by atoms with Crippen LogP contribution < -0.4 is 0 Å². The number of unbranched alkanes of at least 4 members (excludes halogenated alkanes) is 1. The van der Waals surface area contributed by atoms with Gasteiger partial charge in [0.2, 0.25) is 0 Å². The first-order valence-electron chi connectivity index (χ1n) is 6.57. The van der Waals surface area contributed by atoms with Crippen LogP contribution in [0.1, 0.15) is 66.2 Å². The number of carbonyl (C=O) groups is 2. The molecule has 100 valence electrons. The van der Waals surface area contributed by atoms with Crippen LogP contribution in [0.4, 0.5) is 0 Å². The Morgan fingerprint density at radius 3 is 2.29 bits per heavy atom. The lowest BCUT2D eigenvalue weighted by atomic mass is 9.79. The Bertz CT molecular complexity index is 258. The lowest BCUT2D eigenvalue weighted by Gasteiger charge is -2.23. The first kappa shape index (κ1) is 16.1. The van der Waals surface area contributed by atoms with E-state index in [0.29, 0.717) is 18.8 Å². The number of ketones is 1. The second-order valence-corrected chi connectivity index (χ2v) is 5.62. The number of carboxylic acid groups (broad SMARTS) is 1. The minimum Gasteiger partial charge on any atom is -0.481 e. The molecule has 0 aromatic carbocycles. The Hall–Kier alpha value is -0.860.